The fourth-order valence-corrected chi connectivity index (χ4v) is 4.06. The Labute approximate surface area is 140 Å². The number of sulfonamides is 1. The molecule has 0 spiro atoms. The number of nitrogens with zero attached hydrogens (tertiary/aromatic N) is 2. The van der Waals surface area contributed by atoms with Crippen molar-refractivity contribution in [1.82, 2.24) is 9.29 Å². The highest BCUT2D eigenvalue weighted by atomic mass is 35.5. The molecule has 0 bridgehead atoms. The Morgan fingerprint density at radius 3 is 2.71 bits per heavy atom. The minimum Gasteiger partial charge on any atom is -0.417 e. The molecule has 6 nitrogen and oxygen atoms in total. The average molecular weight is 375 g/mol. The Hall–Kier alpha value is -2.26. The fourth-order valence-electron chi connectivity index (χ4n) is 2.25. The molecule has 0 radical (unpaired) electrons. The summed E-state index contributed by atoms with van der Waals surface area (Å²) in [5, 5.41) is 0.178. The molecule has 2 heterocycles. The van der Waals surface area contributed by atoms with E-state index in [-0.39, 0.29) is 27.1 Å². The van der Waals surface area contributed by atoms with Crippen molar-refractivity contribution in [1.29, 1.82) is 0 Å². The third kappa shape index (κ3) is 2.92. The molecule has 0 saturated carbocycles. The van der Waals surface area contributed by atoms with Crippen molar-refractivity contribution in [2.45, 2.75) is 18.1 Å². The van der Waals surface area contributed by atoms with Gasteiger partial charge < -0.3 is 4.74 Å². The summed E-state index contributed by atoms with van der Waals surface area (Å²) in [6.45, 7) is -3.47. The zero-order valence-electron chi connectivity index (χ0n) is 11.8. The summed E-state index contributed by atoms with van der Waals surface area (Å²) in [6, 6.07) is 7.89. The number of pyridine rings is 1. The van der Waals surface area contributed by atoms with Crippen molar-refractivity contribution in [2.75, 3.05) is 0 Å². The predicted molar refractivity (Wildman–Crippen MR) is 79.4 cm³/mol. The first-order valence-electron chi connectivity index (χ1n) is 6.56. The summed E-state index contributed by atoms with van der Waals surface area (Å²) < 4.78 is 54.2. The number of benzene rings is 1. The number of rotatable bonds is 4. The van der Waals surface area contributed by atoms with Gasteiger partial charge in [0.05, 0.1) is 17.8 Å². The van der Waals surface area contributed by atoms with E-state index in [0.717, 1.165) is 0 Å². The second-order valence-electron chi connectivity index (χ2n) is 4.80. The van der Waals surface area contributed by atoms with Crippen LogP contribution in [0.25, 0.3) is 0 Å². The van der Waals surface area contributed by atoms with Gasteiger partial charge in [0.1, 0.15) is 4.90 Å². The molecule has 126 valence electrons. The van der Waals surface area contributed by atoms with Crippen LogP contribution in [0, 0.1) is 0 Å². The molecule has 10 heteroatoms. The van der Waals surface area contributed by atoms with Crippen molar-refractivity contribution >= 4 is 27.5 Å². The summed E-state index contributed by atoms with van der Waals surface area (Å²) in [4.78, 5) is 15.9. The van der Waals surface area contributed by atoms with E-state index >= 15 is 0 Å². The van der Waals surface area contributed by atoms with Crippen molar-refractivity contribution < 1.29 is 26.7 Å². The maximum absolute atomic E-state index is 12.5. The van der Waals surface area contributed by atoms with Gasteiger partial charge in [0.2, 0.25) is 5.88 Å². The molecule has 3 rings (SSSR count). The van der Waals surface area contributed by atoms with Crippen molar-refractivity contribution in [3.05, 3.63) is 52.7 Å². The van der Waals surface area contributed by atoms with Crippen LogP contribution in [-0.2, 0) is 16.6 Å². The van der Waals surface area contributed by atoms with Crippen LogP contribution in [-0.4, -0.2) is 30.2 Å². The van der Waals surface area contributed by atoms with Crippen LogP contribution >= 0.6 is 11.6 Å². The van der Waals surface area contributed by atoms with Gasteiger partial charge in [-0.1, -0.05) is 17.7 Å². The Balaban J connectivity index is 1.93. The van der Waals surface area contributed by atoms with Crippen molar-refractivity contribution in [3.63, 3.8) is 0 Å². The van der Waals surface area contributed by atoms with Crippen LogP contribution in [0.3, 0.4) is 0 Å². The van der Waals surface area contributed by atoms with E-state index in [1.54, 1.807) is 0 Å². The largest absolute Gasteiger partial charge is 0.417 e. The molecule has 24 heavy (non-hydrogen) atoms. The van der Waals surface area contributed by atoms with Gasteiger partial charge in [0.25, 0.3) is 15.9 Å². The zero-order chi connectivity index (χ0) is 17.5. The van der Waals surface area contributed by atoms with Gasteiger partial charge in [0, 0.05) is 11.1 Å². The molecule has 1 amide bonds. The second-order valence-corrected chi connectivity index (χ2v) is 7.07. The van der Waals surface area contributed by atoms with Crippen LogP contribution < -0.4 is 4.74 Å². The molecule has 0 fully saturated rings. The van der Waals surface area contributed by atoms with Gasteiger partial charge in [-0.15, -0.1) is 0 Å². The number of amides is 1. The van der Waals surface area contributed by atoms with Gasteiger partial charge >= 0.3 is 6.61 Å². The summed E-state index contributed by atoms with van der Waals surface area (Å²) in [5.74, 6) is -1.10. The number of ether oxygens (including phenoxy) is 1. The third-order valence-electron chi connectivity index (χ3n) is 3.27. The first-order valence-corrected chi connectivity index (χ1v) is 8.38. The molecule has 0 aliphatic carbocycles. The second kappa shape index (κ2) is 5.99. The van der Waals surface area contributed by atoms with Crippen molar-refractivity contribution in [2.24, 2.45) is 0 Å². The maximum Gasteiger partial charge on any atom is 0.388 e. The van der Waals surface area contributed by atoms with Crippen molar-refractivity contribution in [3.8, 4) is 5.88 Å². The molecule has 1 aliphatic rings. The average Bonchev–Trinajstić information content (AvgIpc) is 2.68. The lowest BCUT2D eigenvalue weighted by Gasteiger charge is -2.15. The molecule has 0 N–H and O–H groups in total. The summed E-state index contributed by atoms with van der Waals surface area (Å²) in [7, 11) is -4.08. The Kier molecular flexibility index (Phi) is 4.14. The lowest BCUT2D eigenvalue weighted by atomic mass is 10.2. The van der Waals surface area contributed by atoms with E-state index in [4.69, 9.17) is 11.6 Å². The van der Waals surface area contributed by atoms with Crippen LogP contribution in [0.15, 0.2) is 41.3 Å². The van der Waals surface area contributed by atoms with Gasteiger partial charge in [-0.2, -0.15) is 8.78 Å². The molecule has 0 atom stereocenters. The lowest BCUT2D eigenvalue weighted by molar-refractivity contribution is -0.0529. The SMILES string of the molecule is O=C1c2ccc(Cl)cc2S(=O)(=O)N1Cc1cccc(OC(F)F)n1. The van der Waals surface area contributed by atoms with Gasteiger partial charge in [0.15, 0.2) is 0 Å². The van der Waals surface area contributed by atoms with Crippen LogP contribution in [0.5, 0.6) is 5.88 Å². The van der Waals surface area contributed by atoms with Gasteiger partial charge in [-0.05, 0) is 24.3 Å². The summed E-state index contributed by atoms with van der Waals surface area (Å²) >= 11 is 5.78. The number of aromatic nitrogens is 1. The van der Waals surface area contributed by atoms with E-state index in [0.29, 0.717) is 4.31 Å². The minimum atomic E-state index is -4.08. The highest BCUT2D eigenvalue weighted by Crippen LogP contribution is 2.33. The molecule has 0 unspecified atom stereocenters. The van der Waals surface area contributed by atoms with Crippen LogP contribution in [0.4, 0.5) is 8.78 Å². The molecule has 0 saturated heterocycles. The summed E-state index contributed by atoms with van der Waals surface area (Å²) in [5.41, 5.74) is 0.0864. The van der Waals surface area contributed by atoms with E-state index in [9.17, 15) is 22.0 Å². The number of carbonyl (C=O) groups excluding carboxylic acids is 1. The van der Waals surface area contributed by atoms with Crippen LogP contribution in [0.2, 0.25) is 5.02 Å². The molecular weight excluding hydrogens is 366 g/mol. The number of hydrogen-bond donors (Lipinski definition) is 0. The first-order chi connectivity index (χ1) is 11.3. The van der Waals surface area contributed by atoms with Crippen LogP contribution in [0.1, 0.15) is 16.1 Å². The number of alkyl halides is 2. The summed E-state index contributed by atoms with van der Waals surface area (Å²) in [6.07, 6.45) is 0. The molecular formula is C14H9ClF2N2O4S. The number of carbonyl (C=O) groups is 1. The van der Waals surface area contributed by atoms with E-state index < -0.39 is 29.1 Å². The highest BCUT2D eigenvalue weighted by Gasteiger charge is 2.41. The first kappa shape index (κ1) is 16.6. The lowest BCUT2D eigenvalue weighted by Crippen LogP contribution is -2.29. The molecule has 1 aromatic heterocycles. The Bertz CT molecular complexity index is 921. The fraction of sp³-hybridized carbons (Fsp3) is 0.143. The van der Waals surface area contributed by atoms with E-state index in [1.807, 2.05) is 0 Å². The normalized spacial score (nSPS) is 15.7. The topological polar surface area (TPSA) is 76.6 Å². The van der Waals surface area contributed by atoms with Gasteiger partial charge in [-0.25, -0.2) is 17.7 Å². The molecule has 2 aromatic rings. The van der Waals surface area contributed by atoms with E-state index in [2.05, 4.69) is 9.72 Å². The highest BCUT2D eigenvalue weighted by molar-refractivity contribution is 7.90. The third-order valence-corrected chi connectivity index (χ3v) is 5.27. The number of fused-ring (bicyclic) bond motifs is 1. The quantitative estimate of drug-likeness (QED) is 0.822. The Morgan fingerprint density at radius 1 is 1.25 bits per heavy atom. The standard InChI is InChI=1S/C14H9ClF2N2O4S/c15-8-4-5-10-11(6-8)24(21,22)19(13(10)20)7-9-2-1-3-12(18-9)23-14(16)17/h1-6,14H,7H2. The van der Waals surface area contributed by atoms with Gasteiger partial charge in [-0.3, -0.25) is 4.79 Å². The zero-order valence-corrected chi connectivity index (χ0v) is 13.4. The monoisotopic (exact) mass is 374 g/mol. The smallest absolute Gasteiger partial charge is 0.388 e. The van der Waals surface area contributed by atoms with E-state index in [1.165, 1.54) is 36.4 Å². The minimum absolute atomic E-state index is 0.000569. The Morgan fingerprint density at radius 2 is 2.00 bits per heavy atom. The number of halogens is 3. The maximum atomic E-state index is 12.5. The predicted octanol–water partition coefficient (Wildman–Crippen LogP) is 2.68. The molecule has 1 aromatic carbocycles. The molecule has 1 aliphatic heterocycles. The number of hydrogen-bond acceptors (Lipinski definition) is 5.